The van der Waals surface area contributed by atoms with Gasteiger partial charge in [-0.15, -0.1) is 0 Å². The summed E-state index contributed by atoms with van der Waals surface area (Å²) >= 11 is 1.06. The molecule has 2 aromatic carbocycles. The highest BCUT2D eigenvalue weighted by Gasteiger charge is 2.23. The summed E-state index contributed by atoms with van der Waals surface area (Å²) in [5.41, 5.74) is 0.391. The van der Waals surface area contributed by atoms with E-state index in [-0.39, 0.29) is 16.6 Å². The third kappa shape index (κ3) is 4.40. The first-order valence-corrected chi connectivity index (χ1v) is 10.6. The molecule has 0 aliphatic heterocycles. The fourth-order valence-corrected chi connectivity index (χ4v) is 4.33. The third-order valence-electron chi connectivity index (χ3n) is 4.87. The molecule has 0 unspecified atom stereocenters. The molecule has 1 amide bonds. The topological polar surface area (TPSA) is 69.5 Å². The van der Waals surface area contributed by atoms with Gasteiger partial charge in [0.05, 0.1) is 25.2 Å². The minimum Gasteiger partial charge on any atom is -0.493 e. The van der Waals surface area contributed by atoms with Crippen LogP contribution < -0.4 is 14.4 Å². The van der Waals surface area contributed by atoms with Crippen LogP contribution in [-0.4, -0.2) is 41.2 Å². The van der Waals surface area contributed by atoms with Gasteiger partial charge in [0.2, 0.25) is 0 Å². The Balaban J connectivity index is 1.68. The van der Waals surface area contributed by atoms with Crippen molar-refractivity contribution in [1.82, 2.24) is 14.5 Å². The summed E-state index contributed by atoms with van der Waals surface area (Å²) < 4.78 is 40.7. The lowest BCUT2D eigenvalue weighted by Crippen LogP contribution is -2.32. The van der Waals surface area contributed by atoms with Crippen LogP contribution in [0.5, 0.6) is 11.5 Å². The van der Waals surface area contributed by atoms with Gasteiger partial charge in [-0.2, -0.15) is 0 Å². The largest absolute Gasteiger partial charge is 0.493 e. The number of rotatable bonds is 8. The number of methoxy groups -OCH3 is 2. The number of halogens is 2. The zero-order chi connectivity index (χ0) is 22.7. The van der Waals surface area contributed by atoms with E-state index >= 15 is 0 Å². The van der Waals surface area contributed by atoms with E-state index in [0.29, 0.717) is 41.3 Å². The number of amides is 1. The van der Waals surface area contributed by atoms with Crippen molar-refractivity contribution in [2.24, 2.45) is 0 Å². The molecule has 0 spiro atoms. The van der Waals surface area contributed by atoms with Gasteiger partial charge in [0.15, 0.2) is 22.4 Å². The van der Waals surface area contributed by atoms with E-state index in [9.17, 15) is 13.6 Å². The summed E-state index contributed by atoms with van der Waals surface area (Å²) in [6.07, 6.45) is 5.80. The Bertz CT molecular complexity index is 1240. The maximum Gasteiger partial charge on any atom is 0.260 e. The number of fused-ring (bicyclic) bond motifs is 1. The molecule has 7 nitrogen and oxygen atoms in total. The van der Waals surface area contributed by atoms with E-state index in [0.717, 1.165) is 17.4 Å². The second-order valence-corrected chi connectivity index (χ2v) is 7.92. The highest BCUT2D eigenvalue weighted by Crippen LogP contribution is 2.33. The van der Waals surface area contributed by atoms with Crippen molar-refractivity contribution in [2.75, 3.05) is 25.7 Å². The van der Waals surface area contributed by atoms with Crippen LogP contribution in [0.15, 0.2) is 49.1 Å². The molecule has 0 radical (unpaired) electrons. The van der Waals surface area contributed by atoms with Crippen molar-refractivity contribution in [3.8, 4) is 11.5 Å². The SMILES string of the molecule is COc1ccc(C(=O)N(CCCn2ccnc2)c2nc3c(F)cc(F)cc3s2)cc1OC. The number of hydrogen-bond acceptors (Lipinski definition) is 6. The average Bonchev–Trinajstić information content (AvgIpc) is 3.45. The molecule has 0 bridgehead atoms. The standard InChI is InChI=1S/C22H20F2N4O3S/c1-30-17-5-4-14(10-18(17)31-2)21(29)28(8-3-7-27-9-6-25-13-27)22-26-20-16(24)11-15(23)12-19(20)32-22/h4-6,9-13H,3,7-8H2,1-2H3. The van der Waals surface area contributed by atoms with E-state index < -0.39 is 11.6 Å². The van der Waals surface area contributed by atoms with E-state index in [4.69, 9.17) is 9.47 Å². The fraction of sp³-hybridized carbons (Fsp3) is 0.227. The second-order valence-electron chi connectivity index (χ2n) is 6.91. The number of benzene rings is 2. The smallest absolute Gasteiger partial charge is 0.260 e. The minimum atomic E-state index is -0.764. The number of aryl methyl sites for hydroxylation is 1. The highest BCUT2D eigenvalue weighted by molar-refractivity contribution is 7.22. The van der Waals surface area contributed by atoms with Crippen molar-refractivity contribution in [3.63, 3.8) is 0 Å². The van der Waals surface area contributed by atoms with Gasteiger partial charge in [-0.05, 0) is 30.7 Å². The number of aromatic nitrogens is 3. The molecule has 0 saturated carbocycles. The lowest BCUT2D eigenvalue weighted by atomic mass is 10.1. The van der Waals surface area contributed by atoms with Crippen LogP contribution >= 0.6 is 11.3 Å². The number of nitrogens with zero attached hydrogens (tertiary/aromatic N) is 4. The monoisotopic (exact) mass is 458 g/mol. The van der Waals surface area contributed by atoms with Crippen molar-refractivity contribution < 1.29 is 23.0 Å². The lowest BCUT2D eigenvalue weighted by Gasteiger charge is -2.20. The molecule has 0 N–H and O–H groups in total. The zero-order valence-corrected chi connectivity index (χ0v) is 18.2. The van der Waals surface area contributed by atoms with Gasteiger partial charge in [0.25, 0.3) is 5.91 Å². The quantitative estimate of drug-likeness (QED) is 0.388. The molecule has 0 fully saturated rings. The van der Waals surface area contributed by atoms with Crippen LogP contribution in [0.3, 0.4) is 0 Å². The summed E-state index contributed by atoms with van der Waals surface area (Å²) in [5, 5.41) is 0.287. The molecule has 166 valence electrons. The van der Waals surface area contributed by atoms with Gasteiger partial charge >= 0.3 is 0 Å². The number of thiazole rings is 1. The van der Waals surface area contributed by atoms with Crippen LogP contribution in [-0.2, 0) is 6.54 Å². The van der Waals surface area contributed by atoms with Gasteiger partial charge in [0, 0.05) is 37.1 Å². The van der Waals surface area contributed by atoms with Gasteiger partial charge in [-0.25, -0.2) is 18.7 Å². The van der Waals surface area contributed by atoms with Crippen molar-refractivity contribution in [1.29, 1.82) is 0 Å². The molecule has 10 heteroatoms. The average molecular weight is 458 g/mol. The molecule has 0 saturated heterocycles. The van der Waals surface area contributed by atoms with Crippen LogP contribution in [0, 0.1) is 11.6 Å². The summed E-state index contributed by atoms with van der Waals surface area (Å²) in [6.45, 7) is 0.943. The minimum absolute atomic E-state index is 0.0334. The Morgan fingerprint density at radius 2 is 1.97 bits per heavy atom. The van der Waals surface area contributed by atoms with Crippen LogP contribution in [0.25, 0.3) is 10.2 Å². The van der Waals surface area contributed by atoms with E-state index in [1.165, 1.54) is 25.2 Å². The Kier molecular flexibility index (Phi) is 6.31. The number of imidazole rings is 1. The van der Waals surface area contributed by atoms with Crippen LogP contribution in [0.1, 0.15) is 16.8 Å². The van der Waals surface area contributed by atoms with Crippen molar-refractivity contribution in [3.05, 3.63) is 66.3 Å². The number of carbonyl (C=O) groups is 1. The first-order valence-electron chi connectivity index (χ1n) is 9.75. The number of hydrogen-bond donors (Lipinski definition) is 0. The maximum atomic E-state index is 14.2. The predicted octanol–water partition coefficient (Wildman–Crippen LogP) is 4.53. The van der Waals surface area contributed by atoms with E-state index in [1.807, 2.05) is 10.8 Å². The molecule has 0 atom stereocenters. The fourth-order valence-electron chi connectivity index (χ4n) is 3.30. The Hall–Kier alpha value is -3.53. The highest BCUT2D eigenvalue weighted by atomic mass is 32.1. The first-order chi connectivity index (χ1) is 15.5. The molecular formula is C22H20F2N4O3S. The molecular weight excluding hydrogens is 438 g/mol. The number of ether oxygens (including phenoxy) is 2. The summed E-state index contributed by atoms with van der Waals surface area (Å²) in [5.74, 6) is -0.888. The predicted molar refractivity (Wildman–Crippen MR) is 118 cm³/mol. The van der Waals surface area contributed by atoms with Gasteiger partial charge < -0.3 is 14.0 Å². The molecule has 4 rings (SSSR count). The maximum absolute atomic E-state index is 14.2. The zero-order valence-electron chi connectivity index (χ0n) is 17.4. The normalized spacial score (nSPS) is 11.0. The van der Waals surface area contributed by atoms with E-state index in [1.54, 1.807) is 30.7 Å². The molecule has 0 aliphatic carbocycles. The van der Waals surface area contributed by atoms with Crippen LogP contribution in [0.4, 0.5) is 13.9 Å². The van der Waals surface area contributed by atoms with Gasteiger partial charge in [-0.3, -0.25) is 9.69 Å². The van der Waals surface area contributed by atoms with Gasteiger partial charge in [-0.1, -0.05) is 11.3 Å². The molecule has 4 aromatic rings. The lowest BCUT2D eigenvalue weighted by molar-refractivity contribution is 0.0986. The first kappa shape index (κ1) is 21.7. The van der Waals surface area contributed by atoms with Crippen molar-refractivity contribution >= 4 is 32.6 Å². The number of carbonyl (C=O) groups excluding carboxylic acids is 1. The summed E-state index contributed by atoms with van der Waals surface area (Å²) in [4.78, 5) is 23.2. The molecule has 2 aromatic heterocycles. The summed E-state index contributed by atoms with van der Waals surface area (Å²) in [7, 11) is 3.00. The number of anilines is 1. The summed E-state index contributed by atoms with van der Waals surface area (Å²) in [6, 6.07) is 6.84. The molecule has 32 heavy (non-hydrogen) atoms. The van der Waals surface area contributed by atoms with Gasteiger partial charge in [0.1, 0.15) is 11.3 Å². The Morgan fingerprint density at radius 3 is 2.69 bits per heavy atom. The Labute approximate surface area is 186 Å². The Morgan fingerprint density at radius 1 is 1.16 bits per heavy atom. The van der Waals surface area contributed by atoms with Crippen LogP contribution in [0.2, 0.25) is 0 Å². The molecule has 0 aliphatic rings. The molecule has 2 heterocycles. The van der Waals surface area contributed by atoms with E-state index in [2.05, 4.69) is 9.97 Å². The second kappa shape index (κ2) is 9.31. The van der Waals surface area contributed by atoms with Crippen molar-refractivity contribution in [2.45, 2.75) is 13.0 Å². The third-order valence-corrected chi connectivity index (χ3v) is 5.89.